The smallest absolute Gasteiger partial charge is 0.257 e. The number of aromatic nitrogens is 2. The van der Waals surface area contributed by atoms with Crippen LogP contribution in [0.5, 0.6) is 5.75 Å². The molecule has 0 spiro atoms. The van der Waals surface area contributed by atoms with Crippen LogP contribution in [0, 0.1) is 0 Å². The van der Waals surface area contributed by atoms with Crippen molar-refractivity contribution in [1.82, 2.24) is 20.2 Å². The zero-order chi connectivity index (χ0) is 27.2. The highest BCUT2D eigenvalue weighted by Gasteiger charge is 2.22. The first kappa shape index (κ1) is 26.8. The Bertz CT molecular complexity index is 1350. The Morgan fingerprint density at radius 3 is 2.67 bits per heavy atom. The zero-order valence-corrected chi connectivity index (χ0v) is 22.7. The number of hydrogen-bond donors (Lipinski definition) is 2. The molecule has 3 aliphatic heterocycles. The standard InChI is InChI=1S/C23H25N5O4S.C4H7NO/c1-31-18-5-4-17(27-9-11-32-12-10-27)21-20(18)25-23(33-21)26-22(30)15-6-7-24-16(13-15)14-28-8-2-3-19(28)29;6-4-2-1-3-5-4/h4-7,13H,2-3,8-12,14H2,1H3,(H,25,26,30);1-3H2,(H,5,6). The van der Waals surface area contributed by atoms with Crippen LogP contribution in [0.2, 0.25) is 0 Å². The lowest BCUT2D eigenvalue weighted by molar-refractivity contribution is -0.128. The number of nitrogens with one attached hydrogen (secondary N) is 2. The van der Waals surface area contributed by atoms with Crippen LogP contribution >= 0.6 is 11.3 Å². The van der Waals surface area contributed by atoms with Crippen molar-refractivity contribution in [3.63, 3.8) is 0 Å². The summed E-state index contributed by atoms with van der Waals surface area (Å²) >= 11 is 1.43. The minimum absolute atomic E-state index is 0.131. The number of hydrogen-bond acceptors (Lipinski definition) is 9. The van der Waals surface area contributed by atoms with Gasteiger partial charge in [-0.25, -0.2) is 4.98 Å². The molecule has 0 atom stereocenters. The minimum atomic E-state index is -0.266. The lowest BCUT2D eigenvalue weighted by atomic mass is 10.2. The van der Waals surface area contributed by atoms with Gasteiger partial charge in [0, 0.05) is 50.8 Å². The van der Waals surface area contributed by atoms with E-state index in [-0.39, 0.29) is 17.7 Å². The van der Waals surface area contributed by atoms with Gasteiger partial charge >= 0.3 is 0 Å². The Morgan fingerprint density at radius 1 is 1.15 bits per heavy atom. The molecule has 11 nitrogen and oxygen atoms in total. The first-order chi connectivity index (χ1) is 19.0. The molecule has 12 heteroatoms. The van der Waals surface area contributed by atoms with Crippen molar-refractivity contribution < 1.29 is 23.9 Å². The Balaban J connectivity index is 0.000000455. The van der Waals surface area contributed by atoms with E-state index in [0.29, 0.717) is 48.3 Å². The van der Waals surface area contributed by atoms with Gasteiger partial charge in [0.1, 0.15) is 11.3 Å². The summed E-state index contributed by atoms with van der Waals surface area (Å²) in [5, 5.41) is 6.10. The number of likely N-dealkylation sites (tertiary alicyclic amines) is 1. The molecule has 39 heavy (non-hydrogen) atoms. The fraction of sp³-hybridized carbons (Fsp3) is 0.444. The Kier molecular flexibility index (Phi) is 8.52. The Labute approximate surface area is 230 Å². The van der Waals surface area contributed by atoms with E-state index in [9.17, 15) is 14.4 Å². The van der Waals surface area contributed by atoms with Gasteiger partial charge in [-0.05, 0) is 37.1 Å². The molecule has 3 saturated heterocycles. The number of methoxy groups -OCH3 is 1. The molecule has 0 aliphatic carbocycles. The number of carbonyl (C=O) groups excluding carboxylic acids is 3. The molecule has 2 aromatic heterocycles. The number of morpholine rings is 1. The molecule has 5 heterocycles. The van der Waals surface area contributed by atoms with Crippen molar-refractivity contribution in [1.29, 1.82) is 0 Å². The number of ether oxygens (including phenoxy) is 2. The average molecular weight is 553 g/mol. The van der Waals surface area contributed by atoms with Crippen molar-refractivity contribution in [3.8, 4) is 5.75 Å². The summed E-state index contributed by atoms with van der Waals surface area (Å²) < 4.78 is 12.0. The predicted octanol–water partition coefficient (Wildman–Crippen LogP) is 2.81. The number of fused-ring (bicyclic) bond motifs is 1. The predicted molar refractivity (Wildman–Crippen MR) is 148 cm³/mol. The molecule has 0 radical (unpaired) electrons. The third-order valence-corrected chi connectivity index (χ3v) is 7.78. The molecule has 6 rings (SSSR count). The van der Waals surface area contributed by atoms with Crippen molar-refractivity contribution in [3.05, 3.63) is 41.7 Å². The van der Waals surface area contributed by atoms with Gasteiger partial charge in [-0.1, -0.05) is 11.3 Å². The highest BCUT2D eigenvalue weighted by atomic mass is 32.1. The largest absolute Gasteiger partial charge is 0.494 e. The summed E-state index contributed by atoms with van der Waals surface area (Å²) in [7, 11) is 1.62. The molecule has 206 valence electrons. The van der Waals surface area contributed by atoms with E-state index in [4.69, 9.17) is 9.47 Å². The zero-order valence-electron chi connectivity index (χ0n) is 21.9. The SMILES string of the molecule is COc1ccc(N2CCOCC2)c2sc(NC(=O)c3ccnc(CN4CCCC4=O)c3)nc12.O=C1CCCN1. The summed E-state index contributed by atoms with van der Waals surface area (Å²) in [5.41, 5.74) is 2.96. The van der Waals surface area contributed by atoms with Crippen LogP contribution in [0.4, 0.5) is 10.8 Å². The second kappa shape index (κ2) is 12.4. The van der Waals surface area contributed by atoms with Gasteiger partial charge in [0.25, 0.3) is 5.91 Å². The van der Waals surface area contributed by atoms with E-state index in [1.807, 2.05) is 12.1 Å². The van der Waals surface area contributed by atoms with E-state index >= 15 is 0 Å². The highest BCUT2D eigenvalue weighted by Crippen LogP contribution is 2.39. The van der Waals surface area contributed by atoms with E-state index in [2.05, 4.69) is 25.5 Å². The molecule has 3 aromatic rings. The topological polar surface area (TPSA) is 126 Å². The molecule has 3 amide bonds. The van der Waals surface area contributed by atoms with Gasteiger partial charge < -0.3 is 24.6 Å². The van der Waals surface area contributed by atoms with Gasteiger partial charge in [0.15, 0.2) is 5.13 Å². The molecule has 0 bridgehead atoms. The Hall–Kier alpha value is -3.77. The van der Waals surface area contributed by atoms with Gasteiger partial charge in [-0.15, -0.1) is 0 Å². The highest BCUT2D eigenvalue weighted by molar-refractivity contribution is 7.23. The summed E-state index contributed by atoms with van der Waals surface area (Å²) in [4.78, 5) is 48.0. The average Bonchev–Trinajstić information content (AvgIpc) is 3.71. The van der Waals surface area contributed by atoms with E-state index in [1.165, 1.54) is 11.3 Å². The van der Waals surface area contributed by atoms with Crippen LogP contribution in [-0.4, -0.2) is 79.1 Å². The van der Waals surface area contributed by atoms with Crippen LogP contribution in [0.3, 0.4) is 0 Å². The lowest BCUT2D eigenvalue weighted by Gasteiger charge is -2.29. The van der Waals surface area contributed by atoms with Gasteiger partial charge in [0.2, 0.25) is 11.8 Å². The number of benzene rings is 1. The second-order valence-corrected chi connectivity index (χ2v) is 10.4. The number of carbonyl (C=O) groups is 3. The van der Waals surface area contributed by atoms with Crippen LogP contribution in [0.1, 0.15) is 41.7 Å². The summed E-state index contributed by atoms with van der Waals surface area (Å²) in [6, 6.07) is 7.34. The van der Waals surface area contributed by atoms with Crippen molar-refractivity contribution in [2.75, 3.05) is 56.7 Å². The van der Waals surface area contributed by atoms with Gasteiger partial charge in [0.05, 0.1) is 42.9 Å². The van der Waals surface area contributed by atoms with E-state index in [1.54, 1.807) is 30.3 Å². The van der Waals surface area contributed by atoms with Gasteiger partial charge in [-0.3, -0.25) is 24.7 Å². The third kappa shape index (κ3) is 6.45. The number of amides is 3. The molecular formula is C27H32N6O5S. The first-order valence-electron chi connectivity index (χ1n) is 13.1. The monoisotopic (exact) mass is 552 g/mol. The molecule has 3 fully saturated rings. The number of nitrogens with zero attached hydrogens (tertiary/aromatic N) is 4. The van der Waals surface area contributed by atoms with Crippen LogP contribution < -0.4 is 20.3 Å². The Morgan fingerprint density at radius 2 is 2.00 bits per heavy atom. The quantitative estimate of drug-likeness (QED) is 0.478. The normalized spacial score (nSPS) is 17.2. The number of rotatable bonds is 6. The lowest BCUT2D eigenvalue weighted by Crippen LogP contribution is -2.36. The molecule has 2 N–H and O–H groups in total. The molecule has 3 aliphatic rings. The minimum Gasteiger partial charge on any atom is -0.494 e. The molecule has 0 saturated carbocycles. The maximum absolute atomic E-state index is 13.0. The molecule has 0 unspecified atom stereocenters. The van der Waals surface area contributed by atoms with Crippen molar-refractivity contribution in [2.45, 2.75) is 32.2 Å². The maximum atomic E-state index is 13.0. The van der Waals surface area contributed by atoms with Crippen molar-refractivity contribution in [2.24, 2.45) is 0 Å². The summed E-state index contributed by atoms with van der Waals surface area (Å²) in [5.74, 6) is 0.735. The maximum Gasteiger partial charge on any atom is 0.257 e. The van der Waals surface area contributed by atoms with Crippen LogP contribution in [0.15, 0.2) is 30.5 Å². The molecular weight excluding hydrogens is 520 g/mol. The first-order valence-corrected chi connectivity index (χ1v) is 13.9. The molecule has 1 aromatic carbocycles. The van der Waals surface area contributed by atoms with E-state index < -0.39 is 0 Å². The van der Waals surface area contributed by atoms with Gasteiger partial charge in [-0.2, -0.15) is 0 Å². The number of thiazole rings is 1. The van der Waals surface area contributed by atoms with Crippen LogP contribution in [-0.2, 0) is 20.9 Å². The van der Waals surface area contributed by atoms with Crippen molar-refractivity contribution >= 4 is 50.1 Å². The second-order valence-electron chi connectivity index (χ2n) is 9.45. The fourth-order valence-corrected chi connectivity index (χ4v) is 5.77. The van der Waals surface area contributed by atoms with Crippen LogP contribution in [0.25, 0.3) is 10.2 Å². The number of anilines is 2. The summed E-state index contributed by atoms with van der Waals surface area (Å²) in [6.45, 7) is 5.02. The fourth-order valence-electron chi connectivity index (χ4n) is 4.75. The van der Waals surface area contributed by atoms with E-state index in [0.717, 1.165) is 61.3 Å². The summed E-state index contributed by atoms with van der Waals surface area (Å²) in [6.07, 6.45) is 4.81. The number of pyridine rings is 1. The third-order valence-electron chi connectivity index (χ3n) is 6.78.